The number of benzene rings is 1. The molecule has 0 saturated carbocycles. The molecule has 0 radical (unpaired) electrons. The summed E-state index contributed by atoms with van der Waals surface area (Å²) in [5, 5.41) is 0. The number of carbonyl (C=O) groups is 1. The molecule has 0 bridgehead atoms. The molecule has 2 aromatic rings. The van der Waals surface area contributed by atoms with Gasteiger partial charge in [-0.15, -0.1) is 0 Å². The topological polar surface area (TPSA) is 64.5 Å². The van der Waals surface area contributed by atoms with Crippen LogP contribution >= 0.6 is 0 Å². The normalized spacial score (nSPS) is 17.2. The van der Waals surface area contributed by atoms with Crippen molar-refractivity contribution in [1.29, 1.82) is 0 Å². The second-order valence-electron chi connectivity index (χ2n) is 6.56. The van der Waals surface area contributed by atoms with Crippen LogP contribution < -0.4 is 4.74 Å². The first-order valence-corrected chi connectivity index (χ1v) is 8.93. The van der Waals surface area contributed by atoms with Gasteiger partial charge >= 0.3 is 0 Å². The fraction of sp³-hybridized carbons (Fsp3) is 0.450. The Kier molecular flexibility index (Phi) is 6.17. The third-order valence-electron chi connectivity index (χ3n) is 4.63. The maximum atomic E-state index is 12.8. The summed E-state index contributed by atoms with van der Waals surface area (Å²) in [7, 11) is 1.64. The smallest absolute Gasteiger partial charge is 0.227 e. The minimum absolute atomic E-state index is 0.0436. The molecule has 2 heterocycles. The molecule has 1 atom stereocenters. The lowest BCUT2D eigenvalue weighted by atomic mass is 10.1. The molecule has 1 fully saturated rings. The van der Waals surface area contributed by atoms with E-state index in [1.807, 2.05) is 36.1 Å². The van der Waals surface area contributed by atoms with E-state index < -0.39 is 0 Å². The van der Waals surface area contributed by atoms with Crippen molar-refractivity contribution in [3.05, 3.63) is 53.6 Å². The summed E-state index contributed by atoms with van der Waals surface area (Å²) in [4.78, 5) is 22.8. The number of amides is 1. The van der Waals surface area contributed by atoms with Gasteiger partial charge in [-0.3, -0.25) is 4.79 Å². The first-order valence-electron chi connectivity index (χ1n) is 8.93. The van der Waals surface area contributed by atoms with Gasteiger partial charge in [0.15, 0.2) is 0 Å². The fourth-order valence-electron chi connectivity index (χ4n) is 3.22. The maximum absolute atomic E-state index is 12.8. The van der Waals surface area contributed by atoms with E-state index in [1.54, 1.807) is 19.6 Å². The quantitative estimate of drug-likeness (QED) is 0.795. The lowest BCUT2D eigenvalue weighted by Crippen LogP contribution is -2.46. The molecule has 0 N–H and O–H groups in total. The van der Waals surface area contributed by atoms with Gasteiger partial charge in [0, 0.05) is 30.5 Å². The average Bonchev–Trinajstić information content (AvgIpc) is 2.67. The number of nitrogens with zero attached hydrogens (tertiary/aromatic N) is 3. The SMILES string of the molecule is COc1ccc(C)cc1CC(=O)N1CCO[C@@H](CCc2ccncn2)C1. The van der Waals surface area contributed by atoms with Gasteiger partial charge < -0.3 is 14.4 Å². The molecule has 138 valence electrons. The summed E-state index contributed by atoms with van der Waals surface area (Å²) in [6, 6.07) is 7.84. The molecule has 1 aliphatic rings. The summed E-state index contributed by atoms with van der Waals surface area (Å²) in [5.41, 5.74) is 3.05. The van der Waals surface area contributed by atoms with Crippen molar-refractivity contribution in [3.8, 4) is 5.75 Å². The van der Waals surface area contributed by atoms with Crippen molar-refractivity contribution in [1.82, 2.24) is 14.9 Å². The van der Waals surface area contributed by atoms with Gasteiger partial charge in [0.25, 0.3) is 0 Å². The minimum atomic E-state index is 0.0436. The van der Waals surface area contributed by atoms with Gasteiger partial charge in [-0.1, -0.05) is 17.7 Å². The van der Waals surface area contributed by atoms with Crippen molar-refractivity contribution in [2.45, 2.75) is 32.3 Å². The third kappa shape index (κ3) is 4.79. The Morgan fingerprint density at radius 3 is 3.04 bits per heavy atom. The number of rotatable bonds is 6. The summed E-state index contributed by atoms with van der Waals surface area (Å²) in [6.45, 7) is 3.85. The Balaban J connectivity index is 1.57. The molecular formula is C20H25N3O3. The predicted octanol–water partition coefficient (Wildman–Crippen LogP) is 2.20. The Labute approximate surface area is 154 Å². The van der Waals surface area contributed by atoms with Crippen molar-refractivity contribution < 1.29 is 14.3 Å². The molecular weight excluding hydrogens is 330 g/mol. The van der Waals surface area contributed by atoms with E-state index in [-0.39, 0.29) is 12.0 Å². The number of aryl methyl sites for hydroxylation is 2. The van der Waals surface area contributed by atoms with E-state index in [2.05, 4.69) is 9.97 Å². The Morgan fingerprint density at radius 2 is 2.27 bits per heavy atom. The Hall–Kier alpha value is -2.47. The second kappa shape index (κ2) is 8.76. The average molecular weight is 355 g/mol. The lowest BCUT2D eigenvalue weighted by Gasteiger charge is -2.33. The molecule has 1 aromatic carbocycles. The van der Waals surface area contributed by atoms with Crippen LogP contribution in [0, 0.1) is 6.92 Å². The zero-order valence-corrected chi connectivity index (χ0v) is 15.4. The van der Waals surface area contributed by atoms with E-state index in [9.17, 15) is 4.79 Å². The molecule has 6 heteroatoms. The first kappa shape index (κ1) is 18.3. The summed E-state index contributed by atoms with van der Waals surface area (Å²) in [5.74, 6) is 0.877. The maximum Gasteiger partial charge on any atom is 0.227 e. The zero-order chi connectivity index (χ0) is 18.4. The number of aromatic nitrogens is 2. The predicted molar refractivity (Wildman–Crippen MR) is 98.1 cm³/mol. The van der Waals surface area contributed by atoms with Gasteiger partial charge in [-0.2, -0.15) is 0 Å². The summed E-state index contributed by atoms with van der Waals surface area (Å²) in [6.07, 6.45) is 5.36. The van der Waals surface area contributed by atoms with Gasteiger partial charge in [-0.25, -0.2) is 9.97 Å². The number of ether oxygens (including phenoxy) is 2. The van der Waals surface area contributed by atoms with Crippen molar-refractivity contribution in [2.24, 2.45) is 0 Å². The highest BCUT2D eigenvalue weighted by Gasteiger charge is 2.25. The van der Waals surface area contributed by atoms with Crippen LogP contribution in [0.1, 0.15) is 23.2 Å². The van der Waals surface area contributed by atoms with Crippen LogP contribution in [-0.4, -0.2) is 53.7 Å². The summed E-state index contributed by atoms with van der Waals surface area (Å²) < 4.78 is 11.2. The van der Waals surface area contributed by atoms with Crippen LogP contribution in [0.4, 0.5) is 0 Å². The van der Waals surface area contributed by atoms with Crippen molar-refractivity contribution >= 4 is 5.91 Å². The van der Waals surface area contributed by atoms with Crippen molar-refractivity contribution in [2.75, 3.05) is 26.8 Å². The molecule has 0 unspecified atom stereocenters. The zero-order valence-electron chi connectivity index (χ0n) is 15.4. The summed E-state index contributed by atoms with van der Waals surface area (Å²) >= 11 is 0. The van der Waals surface area contributed by atoms with Gasteiger partial charge in [0.05, 0.1) is 26.2 Å². The third-order valence-corrected chi connectivity index (χ3v) is 4.63. The number of carbonyl (C=O) groups excluding carboxylic acids is 1. The highest BCUT2D eigenvalue weighted by atomic mass is 16.5. The number of methoxy groups -OCH3 is 1. The number of hydrogen-bond donors (Lipinski definition) is 0. The van der Waals surface area contributed by atoms with Gasteiger partial charge in [-0.05, 0) is 31.9 Å². The molecule has 1 saturated heterocycles. The van der Waals surface area contributed by atoms with Gasteiger partial charge in [0.2, 0.25) is 5.91 Å². The molecule has 0 aliphatic carbocycles. The largest absolute Gasteiger partial charge is 0.496 e. The molecule has 1 aliphatic heterocycles. The van der Waals surface area contributed by atoms with Crippen LogP contribution in [0.15, 0.2) is 36.8 Å². The molecule has 3 rings (SSSR count). The van der Waals surface area contributed by atoms with Crippen LogP contribution in [-0.2, 0) is 22.4 Å². The van der Waals surface area contributed by atoms with Crippen LogP contribution in [0.5, 0.6) is 5.75 Å². The highest BCUT2D eigenvalue weighted by molar-refractivity contribution is 5.79. The Morgan fingerprint density at radius 1 is 1.38 bits per heavy atom. The van der Waals surface area contributed by atoms with E-state index in [4.69, 9.17) is 9.47 Å². The number of hydrogen-bond acceptors (Lipinski definition) is 5. The van der Waals surface area contributed by atoms with Crippen LogP contribution in [0.25, 0.3) is 0 Å². The molecule has 1 aromatic heterocycles. The fourth-order valence-corrected chi connectivity index (χ4v) is 3.22. The van der Waals surface area contributed by atoms with E-state index in [1.165, 1.54) is 0 Å². The first-order chi connectivity index (χ1) is 12.7. The van der Waals surface area contributed by atoms with E-state index >= 15 is 0 Å². The van der Waals surface area contributed by atoms with Crippen LogP contribution in [0.2, 0.25) is 0 Å². The van der Waals surface area contributed by atoms with Crippen molar-refractivity contribution in [3.63, 3.8) is 0 Å². The lowest BCUT2D eigenvalue weighted by molar-refractivity contribution is -0.138. The minimum Gasteiger partial charge on any atom is -0.496 e. The molecule has 26 heavy (non-hydrogen) atoms. The monoisotopic (exact) mass is 355 g/mol. The number of morpholine rings is 1. The molecule has 6 nitrogen and oxygen atoms in total. The van der Waals surface area contributed by atoms with Crippen LogP contribution in [0.3, 0.4) is 0 Å². The highest BCUT2D eigenvalue weighted by Crippen LogP contribution is 2.21. The Bertz CT molecular complexity index is 736. The second-order valence-corrected chi connectivity index (χ2v) is 6.56. The van der Waals surface area contributed by atoms with Gasteiger partial charge in [0.1, 0.15) is 12.1 Å². The van der Waals surface area contributed by atoms with E-state index in [0.29, 0.717) is 26.1 Å². The standard InChI is InChI=1S/C20H25N3O3/c1-15-3-6-19(25-2)16(11-15)12-20(24)23-9-10-26-18(13-23)5-4-17-7-8-21-14-22-17/h3,6-8,11,14,18H,4-5,9-10,12-13H2,1-2H3/t18-/m0/s1. The van der Waals surface area contributed by atoms with E-state index in [0.717, 1.165) is 35.4 Å². The molecule has 1 amide bonds. The molecule has 0 spiro atoms.